The first kappa shape index (κ1) is 15.8. The van der Waals surface area contributed by atoms with Gasteiger partial charge in [-0.1, -0.05) is 49.3 Å². The minimum Gasteiger partial charge on any atom is -0.359 e. The molecule has 1 aromatic carbocycles. The molecule has 2 heterocycles. The van der Waals surface area contributed by atoms with Crippen molar-refractivity contribution in [3.05, 3.63) is 53.4 Å². The van der Waals surface area contributed by atoms with Crippen molar-refractivity contribution in [3.63, 3.8) is 0 Å². The fraction of sp³-hybridized carbons (Fsp3) is 0.474. The van der Waals surface area contributed by atoms with Crippen LogP contribution in [0.3, 0.4) is 0 Å². The number of carbonyl (C=O) groups excluding carboxylic acids is 1. The minimum atomic E-state index is 0.0540. The van der Waals surface area contributed by atoms with Crippen molar-refractivity contribution < 1.29 is 9.32 Å². The van der Waals surface area contributed by atoms with E-state index in [1.165, 1.54) is 5.56 Å². The predicted octanol–water partition coefficient (Wildman–Crippen LogP) is 4.09. The highest BCUT2D eigenvalue weighted by atomic mass is 16.5. The molecule has 0 N–H and O–H groups in total. The van der Waals surface area contributed by atoms with E-state index in [-0.39, 0.29) is 11.9 Å². The van der Waals surface area contributed by atoms with E-state index >= 15 is 0 Å². The number of likely N-dealkylation sites (tertiary alicyclic amines) is 1. The third-order valence-electron chi connectivity index (χ3n) is 4.51. The number of aromatic nitrogens is 1. The van der Waals surface area contributed by atoms with Crippen LogP contribution in [-0.4, -0.2) is 22.5 Å². The Balaban J connectivity index is 1.64. The van der Waals surface area contributed by atoms with Crippen molar-refractivity contribution in [1.82, 2.24) is 10.1 Å². The standard InChI is InChI=1S/C19H24N2O2/c1-14(2)16-13-18(23-20-16)17-9-6-12-21(17)19(22)11-10-15-7-4-3-5-8-15/h3-5,7-8,13-14,17H,6,9-12H2,1-2H3. The maximum absolute atomic E-state index is 12.6. The quantitative estimate of drug-likeness (QED) is 0.835. The molecule has 1 amide bonds. The second kappa shape index (κ2) is 6.99. The molecule has 1 saturated heterocycles. The average molecular weight is 312 g/mol. The Labute approximate surface area is 137 Å². The van der Waals surface area contributed by atoms with E-state index in [0.29, 0.717) is 12.3 Å². The van der Waals surface area contributed by atoms with Crippen LogP contribution in [0.2, 0.25) is 0 Å². The Morgan fingerprint density at radius 3 is 2.83 bits per heavy atom. The summed E-state index contributed by atoms with van der Waals surface area (Å²) in [6.07, 6.45) is 3.32. The van der Waals surface area contributed by atoms with Crippen LogP contribution in [0.5, 0.6) is 0 Å². The van der Waals surface area contributed by atoms with E-state index in [9.17, 15) is 4.79 Å². The topological polar surface area (TPSA) is 46.3 Å². The number of carbonyl (C=O) groups is 1. The normalized spacial score (nSPS) is 17.9. The van der Waals surface area contributed by atoms with Crippen molar-refractivity contribution in [2.45, 2.75) is 51.5 Å². The van der Waals surface area contributed by atoms with Crippen LogP contribution in [0.15, 0.2) is 40.9 Å². The minimum absolute atomic E-state index is 0.0540. The lowest BCUT2D eigenvalue weighted by Gasteiger charge is -2.22. The van der Waals surface area contributed by atoms with E-state index in [1.807, 2.05) is 29.2 Å². The van der Waals surface area contributed by atoms with Crippen molar-refractivity contribution in [2.75, 3.05) is 6.54 Å². The molecule has 1 fully saturated rings. The molecule has 4 heteroatoms. The smallest absolute Gasteiger partial charge is 0.223 e. The highest BCUT2D eigenvalue weighted by molar-refractivity contribution is 5.77. The molecule has 0 radical (unpaired) electrons. The molecule has 2 aromatic rings. The Bertz CT molecular complexity index is 648. The summed E-state index contributed by atoms with van der Waals surface area (Å²) in [5, 5.41) is 4.13. The number of aryl methyl sites for hydroxylation is 1. The maximum Gasteiger partial charge on any atom is 0.223 e. The lowest BCUT2D eigenvalue weighted by atomic mass is 10.1. The van der Waals surface area contributed by atoms with Crippen molar-refractivity contribution in [2.24, 2.45) is 0 Å². The van der Waals surface area contributed by atoms with Crippen LogP contribution in [0.1, 0.15) is 62.1 Å². The van der Waals surface area contributed by atoms with Crippen molar-refractivity contribution in [3.8, 4) is 0 Å². The van der Waals surface area contributed by atoms with E-state index in [1.54, 1.807) is 0 Å². The summed E-state index contributed by atoms with van der Waals surface area (Å²) in [4.78, 5) is 14.6. The van der Waals surface area contributed by atoms with Gasteiger partial charge in [-0.15, -0.1) is 0 Å². The zero-order valence-corrected chi connectivity index (χ0v) is 13.9. The zero-order chi connectivity index (χ0) is 16.2. The number of benzene rings is 1. The molecule has 0 saturated carbocycles. The number of nitrogens with zero attached hydrogens (tertiary/aromatic N) is 2. The van der Waals surface area contributed by atoms with Crippen molar-refractivity contribution >= 4 is 5.91 Å². The van der Waals surface area contributed by atoms with Gasteiger partial charge in [0.25, 0.3) is 0 Å². The van der Waals surface area contributed by atoms with Crippen LogP contribution in [0.25, 0.3) is 0 Å². The zero-order valence-electron chi connectivity index (χ0n) is 13.9. The summed E-state index contributed by atoms with van der Waals surface area (Å²) in [5.41, 5.74) is 2.17. The van der Waals surface area contributed by atoms with Gasteiger partial charge in [-0.2, -0.15) is 0 Å². The molecule has 1 atom stereocenters. The van der Waals surface area contributed by atoms with Gasteiger partial charge in [-0.25, -0.2) is 0 Å². The third-order valence-corrected chi connectivity index (χ3v) is 4.51. The van der Waals surface area contributed by atoms with Gasteiger partial charge in [0.2, 0.25) is 5.91 Å². The summed E-state index contributed by atoms with van der Waals surface area (Å²) in [5.74, 6) is 1.38. The maximum atomic E-state index is 12.6. The van der Waals surface area contributed by atoms with Gasteiger partial charge >= 0.3 is 0 Å². The van der Waals surface area contributed by atoms with Gasteiger partial charge in [0.1, 0.15) is 0 Å². The molecule has 0 bridgehead atoms. The number of amides is 1. The summed E-state index contributed by atoms with van der Waals surface area (Å²) < 4.78 is 5.51. The average Bonchev–Trinajstić information content (AvgIpc) is 3.22. The molecule has 1 aliphatic rings. The second-order valence-corrected chi connectivity index (χ2v) is 6.54. The van der Waals surface area contributed by atoms with Gasteiger partial charge in [0, 0.05) is 19.0 Å². The van der Waals surface area contributed by atoms with Crippen LogP contribution in [0, 0.1) is 0 Å². The van der Waals surface area contributed by atoms with Crippen LogP contribution in [0.4, 0.5) is 0 Å². The molecule has 1 aliphatic heterocycles. The fourth-order valence-corrected chi connectivity index (χ4v) is 3.13. The molecule has 23 heavy (non-hydrogen) atoms. The highest BCUT2D eigenvalue weighted by Crippen LogP contribution is 2.33. The molecule has 0 aliphatic carbocycles. The van der Waals surface area contributed by atoms with Crippen LogP contribution >= 0.6 is 0 Å². The lowest BCUT2D eigenvalue weighted by molar-refractivity contribution is -0.132. The molecule has 0 spiro atoms. The Kier molecular flexibility index (Phi) is 4.79. The van der Waals surface area contributed by atoms with E-state index in [0.717, 1.165) is 37.3 Å². The molecule has 122 valence electrons. The van der Waals surface area contributed by atoms with Crippen molar-refractivity contribution in [1.29, 1.82) is 0 Å². The summed E-state index contributed by atoms with van der Waals surface area (Å²) in [7, 11) is 0. The van der Waals surface area contributed by atoms with Gasteiger partial charge in [0.15, 0.2) is 5.76 Å². The number of hydrogen-bond donors (Lipinski definition) is 0. The SMILES string of the molecule is CC(C)c1cc(C2CCCN2C(=O)CCc2ccccc2)on1. The van der Waals surface area contributed by atoms with Gasteiger partial charge < -0.3 is 9.42 Å². The van der Waals surface area contributed by atoms with Crippen LogP contribution in [-0.2, 0) is 11.2 Å². The van der Waals surface area contributed by atoms with E-state index < -0.39 is 0 Å². The molecular weight excluding hydrogens is 288 g/mol. The van der Waals surface area contributed by atoms with Gasteiger partial charge in [0.05, 0.1) is 11.7 Å². The Hall–Kier alpha value is -2.10. The predicted molar refractivity (Wildman–Crippen MR) is 89.0 cm³/mol. The molecule has 1 unspecified atom stereocenters. The van der Waals surface area contributed by atoms with E-state index in [4.69, 9.17) is 4.52 Å². The Morgan fingerprint density at radius 2 is 2.13 bits per heavy atom. The van der Waals surface area contributed by atoms with E-state index in [2.05, 4.69) is 31.1 Å². The monoisotopic (exact) mass is 312 g/mol. The summed E-state index contributed by atoms with van der Waals surface area (Å²) in [6.45, 7) is 5.01. The van der Waals surface area contributed by atoms with Crippen LogP contribution < -0.4 is 0 Å². The largest absolute Gasteiger partial charge is 0.359 e. The molecule has 1 aromatic heterocycles. The highest BCUT2D eigenvalue weighted by Gasteiger charge is 2.32. The number of hydrogen-bond acceptors (Lipinski definition) is 3. The second-order valence-electron chi connectivity index (χ2n) is 6.54. The summed E-state index contributed by atoms with van der Waals surface area (Å²) >= 11 is 0. The molecule has 3 rings (SSSR count). The van der Waals surface area contributed by atoms with Gasteiger partial charge in [-0.3, -0.25) is 4.79 Å². The molecule has 4 nitrogen and oxygen atoms in total. The van der Waals surface area contributed by atoms with Gasteiger partial charge in [-0.05, 0) is 30.7 Å². The fourth-order valence-electron chi connectivity index (χ4n) is 3.13. The molecular formula is C19H24N2O2. The first-order valence-corrected chi connectivity index (χ1v) is 8.45. The Morgan fingerprint density at radius 1 is 1.35 bits per heavy atom. The third kappa shape index (κ3) is 3.63. The summed E-state index contributed by atoms with van der Waals surface area (Å²) in [6, 6.07) is 12.2. The first-order valence-electron chi connectivity index (χ1n) is 8.45. The lowest BCUT2D eigenvalue weighted by Crippen LogP contribution is -2.30. The first-order chi connectivity index (χ1) is 11.1. The number of rotatable bonds is 5.